The third kappa shape index (κ3) is 3.95. The van der Waals surface area contributed by atoms with Gasteiger partial charge >= 0.3 is 6.18 Å². The number of H-pyrrole nitrogens is 1. The number of carbonyl (C=O) groups is 1. The Labute approximate surface area is 117 Å². The lowest BCUT2D eigenvalue weighted by Crippen LogP contribution is -2.25. The van der Waals surface area contributed by atoms with Gasteiger partial charge in [0, 0.05) is 12.6 Å². The molecule has 1 aromatic heterocycles. The normalized spacial score (nSPS) is 11.2. The number of aromatic nitrogens is 1. The molecule has 2 rings (SSSR count). The van der Waals surface area contributed by atoms with Crippen molar-refractivity contribution in [3.05, 3.63) is 69.6 Å². The van der Waals surface area contributed by atoms with Crippen molar-refractivity contribution in [1.29, 1.82) is 0 Å². The minimum Gasteiger partial charge on any atom is -0.347 e. The van der Waals surface area contributed by atoms with Crippen molar-refractivity contribution in [2.75, 3.05) is 0 Å². The molecule has 0 aliphatic heterocycles. The lowest BCUT2D eigenvalue weighted by atomic mass is 10.1. The number of hydrogen-bond donors (Lipinski definition) is 2. The number of carbonyl (C=O) groups excluding carboxylic acids is 1. The number of pyridine rings is 1. The topological polar surface area (TPSA) is 62.0 Å². The molecular formula is C14H11F3N2O2. The molecule has 0 atom stereocenters. The Morgan fingerprint density at radius 3 is 2.52 bits per heavy atom. The molecule has 0 aliphatic carbocycles. The molecule has 0 saturated heterocycles. The second-order valence-electron chi connectivity index (χ2n) is 4.31. The summed E-state index contributed by atoms with van der Waals surface area (Å²) >= 11 is 0. The Bertz CT molecular complexity index is 708. The Morgan fingerprint density at radius 2 is 1.86 bits per heavy atom. The number of aromatic amines is 1. The molecule has 0 aliphatic rings. The van der Waals surface area contributed by atoms with Crippen LogP contribution in [0.2, 0.25) is 0 Å². The van der Waals surface area contributed by atoms with E-state index in [1.54, 1.807) is 0 Å². The van der Waals surface area contributed by atoms with Crippen LogP contribution in [0.15, 0.2) is 47.3 Å². The van der Waals surface area contributed by atoms with Crippen molar-refractivity contribution in [2.45, 2.75) is 12.7 Å². The number of halogens is 3. The van der Waals surface area contributed by atoms with Gasteiger partial charge in [-0.25, -0.2) is 0 Å². The zero-order valence-corrected chi connectivity index (χ0v) is 10.7. The second-order valence-corrected chi connectivity index (χ2v) is 4.31. The van der Waals surface area contributed by atoms with E-state index in [1.807, 2.05) is 0 Å². The number of hydrogen-bond acceptors (Lipinski definition) is 2. The van der Waals surface area contributed by atoms with Gasteiger partial charge in [0.15, 0.2) is 0 Å². The predicted molar refractivity (Wildman–Crippen MR) is 69.7 cm³/mol. The van der Waals surface area contributed by atoms with Gasteiger partial charge in [0.1, 0.15) is 5.69 Å². The van der Waals surface area contributed by atoms with Crippen LogP contribution in [0.5, 0.6) is 0 Å². The number of benzene rings is 1. The Hall–Kier alpha value is -2.57. The number of nitrogens with one attached hydrogen (secondary N) is 2. The van der Waals surface area contributed by atoms with E-state index in [2.05, 4.69) is 10.3 Å². The molecule has 0 spiro atoms. The van der Waals surface area contributed by atoms with Crippen LogP contribution in [0.25, 0.3) is 0 Å². The van der Waals surface area contributed by atoms with Crippen LogP contribution in [-0.4, -0.2) is 10.9 Å². The van der Waals surface area contributed by atoms with E-state index in [0.29, 0.717) is 5.56 Å². The van der Waals surface area contributed by atoms with Gasteiger partial charge in [0.25, 0.3) is 5.91 Å². The third-order valence-corrected chi connectivity index (χ3v) is 2.72. The van der Waals surface area contributed by atoms with E-state index >= 15 is 0 Å². The van der Waals surface area contributed by atoms with Crippen LogP contribution in [0.4, 0.5) is 13.2 Å². The van der Waals surface area contributed by atoms with E-state index < -0.39 is 23.2 Å². The summed E-state index contributed by atoms with van der Waals surface area (Å²) in [4.78, 5) is 25.1. The van der Waals surface area contributed by atoms with Crippen molar-refractivity contribution < 1.29 is 18.0 Å². The first kappa shape index (κ1) is 14.8. The van der Waals surface area contributed by atoms with Crippen LogP contribution in [-0.2, 0) is 12.7 Å². The van der Waals surface area contributed by atoms with Gasteiger partial charge in [-0.1, -0.05) is 18.2 Å². The lowest BCUT2D eigenvalue weighted by Gasteiger charge is -2.09. The molecule has 1 amide bonds. The summed E-state index contributed by atoms with van der Waals surface area (Å²) in [5.74, 6) is -0.565. The molecule has 0 bridgehead atoms. The van der Waals surface area contributed by atoms with Crippen LogP contribution in [0.1, 0.15) is 21.6 Å². The molecule has 110 valence electrons. The van der Waals surface area contributed by atoms with Crippen molar-refractivity contribution >= 4 is 5.91 Å². The zero-order valence-electron chi connectivity index (χ0n) is 10.7. The average molecular weight is 296 g/mol. The predicted octanol–water partition coefficient (Wildman–Crippen LogP) is 2.32. The van der Waals surface area contributed by atoms with Crippen LogP contribution >= 0.6 is 0 Å². The lowest BCUT2D eigenvalue weighted by molar-refractivity contribution is -0.137. The summed E-state index contributed by atoms with van der Waals surface area (Å²) in [5.41, 5.74) is -0.838. The highest BCUT2D eigenvalue weighted by Gasteiger charge is 2.30. The molecule has 0 fully saturated rings. The third-order valence-electron chi connectivity index (χ3n) is 2.72. The van der Waals surface area contributed by atoms with Crippen molar-refractivity contribution in [2.24, 2.45) is 0 Å². The summed E-state index contributed by atoms with van der Waals surface area (Å²) in [6, 6.07) is 8.75. The van der Waals surface area contributed by atoms with Gasteiger partial charge in [-0.05, 0) is 23.8 Å². The smallest absolute Gasteiger partial charge is 0.347 e. The maximum Gasteiger partial charge on any atom is 0.416 e. The molecule has 2 N–H and O–H groups in total. The first-order valence-electron chi connectivity index (χ1n) is 6.00. The standard InChI is InChI=1S/C14H11F3N2O2/c15-14(16,17)10-4-1-3-9(7-10)8-18-13(21)11-5-2-6-12(20)19-11/h1-7H,8H2,(H,18,21)(H,19,20). The largest absolute Gasteiger partial charge is 0.416 e. The van der Waals surface area contributed by atoms with E-state index in [4.69, 9.17) is 0 Å². The average Bonchev–Trinajstić information content (AvgIpc) is 2.44. The monoisotopic (exact) mass is 296 g/mol. The molecule has 21 heavy (non-hydrogen) atoms. The van der Waals surface area contributed by atoms with Crippen LogP contribution in [0.3, 0.4) is 0 Å². The van der Waals surface area contributed by atoms with Crippen molar-refractivity contribution in [3.8, 4) is 0 Å². The summed E-state index contributed by atoms with van der Waals surface area (Å²) in [6.07, 6.45) is -4.43. The SMILES string of the molecule is O=C(NCc1cccc(C(F)(F)F)c1)c1cccc(=O)[nH]1. The van der Waals surface area contributed by atoms with Crippen molar-refractivity contribution in [1.82, 2.24) is 10.3 Å². The highest BCUT2D eigenvalue weighted by Crippen LogP contribution is 2.29. The van der Waals surface area contributed by atoms with E-state index in [9.17, 15) is 22.8 Å². The maximum absolute atomic E-state index is 12.5. The summed E-state index contributed by atoms with van der Waals surface area (Å²) in [6.45, 7) is -0.0698. The minimum absolute atomic E-state index is 0.0504. The summed E-state index contributed by atoms with van der Waals surface area (Å²) < 4.78 is 37.6. The highest BCUT2D eigenvalue weighted by molar-refractivity contribution is 5.92. The van der Waals surface area contributed by atoms with Crippen LogP contribution in [0, 0.1) is 0 Å². The molecule has 0 unspecified atom stereocenters. The van der Waals surface area contributed by atoms with E-state index in [-0.39, 0.29) is 12.2 Å². The van der Waals surface area contributed by atoms with Gasteiger partial charge < -0.3 is 10.3 Å². The summed E-state index contributed by atoms with van der Waals surface area (Å²) in [7, 11) is 0. The molecular weight excluding hydrogens is 285 g/mol. The molecule has 2 aromatic rings. The fourth-order valence-corrected chi connectivity index (χ4v) is 1.72. The molecule has 4 nitrogen and oxygen atoms in total. The maximum atomic E-state index is 12.5. The van der Waals surface area contributed by atoms with Gasteiger partial charge in [0.2, 0.25) is 5.56 Å². The number of amides is 1. The van der Waals surface area contributed by atoms with Gasteiger partial charge in [-0.2, -0.15) is 13.2 Å². The molecule has 7 heteroatoms. The fraction of sp³-hybridized carbons (Fsp3) is 0.143. The molecule has 0 radical (unpaired) electrons. The minimum atomic E-state index is -4.43. The van der Waals surface area contributed by atoms with E-state index in [1.165, 1.54) is 30.3 Å². The molecule has 0 saturated carbocycles. The highest BCUT2D eigenvalue weighted by atomic mass is 19.4. The van der Waals surface area contributed by atoms with E-state index in [0.717, 1.165) is 12.1 Å². The molecule has 1 heterocycles. The van der Waals surface area contributed by atoms with Gasteiger partial charge in [0.05, 0.1) is 5.56 Å². The number of alkyl halides is 3. The quantitative estimate of drug-likeness (QED) is 0.913. The Kier molecular flexibility index (Phi) is 4.11. The zero-order chi connectivity index (χ0) is 15.5. The van der Waals surface area contributed by atoms with Crippen LogP contribution < -0.4 is 10.9 Å². The number of rotatable bonds is 3. The summed E-state index contributed by atoms with van der Waals surface area (Å²) in [5, 5.41) is 2.44. The van der Waals surface area contributed by atoms with Crippen molar-refractivity contribution in [3.63, 3.8) is 0 Å². The van der Waals surface area contributed by atoms with Gasteiger partial charge in [-0.15, -0.1) is 0 Å². The Balaban J connectivity index is 2.07. The van der Waals surface area contributed by atoms with Gasteiger partial charge in [-0.3, -0.25) is 9.59 Å². The fourth-order valence-electron chi connectivity index (χ4n) is 1.72. The first-order valence-corrected chi connectivity index (χ1v) is 6.00. The second kappa shape index (κ2) is 5.82. The molecule has 1 aromatic carbocycles. The Morgan fingerprint density at radius 1 is 1.14 bits per heavy atom. The first-order chi connectivity index (χ1) is 9.86.